The molecule has 0 saturated carbocycles. The third-order valence-corrected chi connectivity index (χ3v) is 4.65. The molecule has 1 amide bonds. The Kier molecular flexibility index (Phi) is 5.21. The first-order valence-electron chi connectivity index (χ1n) is 8.79. The summed E-state index contributed by atoms with van der Waals surface area (Å²) in [6, 6.07) is 12.5. The number of benzene rings is 2. The minimum Gasteiger partial charge on any atom is -0.497 e. The van der Waals surface area contributed by atoms with Crippen LogP contribution in [0.25, 0.3) is 0 Å². The van der Waals surface area contributed by atoms with Crippen molar-refractivity contribution in [3.8, 4) is 11.5 Å². The topological polar surface area (TPSA) is 76.8 Å². The van der Waals surface area contributed by atoms with Crippen molar-refractivity contribution in [1.29, 1.82) is 0 Å². The Bertz CT molecular complexity index is 776. The number of nitrogens with two attached hydrogens (primary N) is 1. The van der Waals surface area contributed by atoms with Crippen molar-refractivity contribution in [2.24, 2.45) is 0 Å². The Morgan fingerprint density at radius 3 is 2.73 bits per heavy atom. The Morgan fingerprint density at radius 2 is 2.08 bits per heavy atom. The summed E-state index contributed by atoms with van der Waals surface area (Å²) in [7, 11) is 1.61. The molecule has 3 N–H and O–H groups in total. The van der Waals surface area contributed by atoms with Crippen LogP contribution in [0, 0.1) is 0 Å². The molecular formula is C20H25N3O3. The Balaban J connectivity index is 1.80. The fourth-order valence-corrected chi connectivity index (χ4v) is 3.03. The van der Waals surface area contributed by atoms with Crippen LogP contribution in [0.3, 0.4) is 0 Å². The van der Waals surface area contributed by atoms with Crippen molar-refractivity contribution in [3.05, 3.63) is 42.5 Å². The second-order valence-electron chi connectivity index (χ2n) is 6.42. The standard InChI is InChI=1S/C20H25N3O3/c1-4-16-12-23(18-11-14(21)5-10-19(18)26-16)13(2)20(24)22-15-6-8-17(25-3)9-7-15/h5-11,13,16H,4,12,21H2,1-3H3,(H,22,24). The van der Waals surface area contributed by atoms with Crippen LogP contribution < -0.4 is 25.4 Å². The molecule has 6 heteroatoms. The Hall–Kier alpha value is -2.89. The molecule has 1 aliphatic heterocycles. The fourth-order valence-electron chi connectivity index (χ4n) is 3.03. The van der Waals surface area contributed by atoms with E-state index in [0.29, 0.717) is 12.2 Å². The summed E-state index contributed by atoms with van der Waals surface area (Å²) in [4.78, 5) is 14.9. The molecule has 26 heavy (non-hydrogen) atoms. The first-order chi connectivity index (χ1) is 12.5. The van der Waals surface area contributed by atoms with Crippen LogP contribution in [0.4, 0.5) is 17.1 Å². The molecule has 2 aromatic rings. The average Bonchev–Trinajstić information content (AvgIpc) is 2.67. The summed E-state index contributed by atoms with van der Waals surface area (Å²) in [5.74, 6) is 1.43. The van der Waals surface area contributed by atoms with Gasteiger partial charge < -0.3 is 25.4 Å². The third kappa shape index (κ3) is 3.69. The zero-order chi connectivity index (χ0) is 18.7. The number of nitrogens with one attached hydrogen (secondary N) is 1. The molecule has 138 valence electrons. The molecule has 0 fully saturated rings. The van der Waals surface area contributed by atoms with Crippen LogP contribution in [0.2, 0.25) is 0 Å². The summed E-state index contributed by atoms with van der Waals surface area (Å²) in [5, 5.41) is 2.96. The first kappa shape index (κ1) is 17.9. The molecule has 0 bridgehead atoms. The summed E-state index contributed by atoms with van der Waals surface area (Å²) >= 11 is 0. The zero-order valence-electron chi connectivity index (χ0n) is 15.4. The maximum atomic E-state index is 12.8. The Morgan fingerprint density at radius 1 is 1.35 bits per heavy atom. The number of nitrogen functional groups attached to an aromatic ring is 1. The summed E-state index contributed by atoms with van der Waals surface area (Å²) in [6.07, 6.45) is 0.912. The van der Waals surface area contributed by atoms with E-state index in [4.69, 9.17) is 15.2 Å². The highest BCUT2D eigenvalue weighted by Crippen LogP contribution is 2.37. The SMILES string of the molecule is CCC1CN(C(C)C(=O)Nc2ccc(OC)cc2)c2cc(N)ccc2O1. The molecule has 2 atom stereocenters. The molecule has 2 aromatic carbocycles. The van der Waals surface area contributed by atoms with Gasteiger partial charge in [-0.2, -0.15) is 0 Å². The molecule has 1 aliphatic rings. The number of ether oxygens (including phenoxy) is 2. The normalized spacial score (nSPS) is 17.0. The molecule has 2 unspecified atom stereocenters. The fraction of sp³-hybridized carbons (Fsp3) is 0.350. The maximum Gasteiger partial charge on any atom is 0.246 e. The molecule has 0 spiro atoms. The number of hydrogen-bond acceptors (Lipinski definition) is 5. The molecule has 0 aromatic heterocycles. The van der Waals surface area contributed by atoms with E-state index < -0.39 is 0 Å². The lowest BCUT2D eigenvalue weighted by atomic mass is 10.1. The second-order valence-corrected chi connectivity index (χ2v) is 6.42. The van der Waals surface area contributed by atoms with Gasteiger partial charge in [0.25, 0.3) is 0 Å². The van der Waals surface area contributed by atoms with Gasteiger partial charge in [0, 0.05) is 11.4 Å². The quantitative estimate of drug-likeness (QED) is 0.805. The number of anilines is 3. The molecular weight excluding hydrogens is 330 g/mol. The maximum absolute atomic E-state index is 12.8. The van der Waals surface area contributed by atoms with Gasteiger partial charge in [-0.15, -0.1) is 0 Å². The smallest absolute Gasteiger partial charge is 0.246 e. The highest BCUT2D eigenvalue weighted by atomic mass is 16.5. The largest absolute Gasteiger partial charge is 0.497 e. The summed E-state index contributed by atoms with van der Waals surface area (Å²) in [5.41, 5.74) is 8.18. The number of carbonyl (C=O) groups excluding carboxylic acids is 1. The Labute approximate surface area is 153 Å². The number of nitrogens with zero attached hydrogens (tertiary/aromatic N) is 1. The molecule has 0 saturated heterocycles. The van der Waals surface area contributed by atoms with E-state index in [1.165, 1.54) is 0 Å². The van der Waals surface area contributed by atoms with Crippen molar-refractivity contribution in [3.63, 3.8) is 0 Å². The predicted octanol–water partition coefficient (Wildman–Crippen LogP) is 3.28. The number of methoxy groups -OCH3 is 1. The highest BCUT2D eigenvalue weighted by molar-refractivity contribution is 5.97. The molecule has 6 nitrogen and oxygen atoms in total. The van der Waals surface area contributed by atoms with E-state index in [1.807, 2.05) is 49.4 Å². The lowest BCUT2D eigenvalue weighted by molar-refractivity contribution is -0.117. The number of carbonyl (C=O) groups is 1. The lowest BCUT2D eigenvalue weighted by Crippen LogP contribution is -2.49. The van der Waals surface area contributed by atoms with E-state index in [9.17, 15) is 4.79 Å². The number of hydrogen-bond donors (Lipinski definition) is 2. The summed E-state index contributed by atoms with van der Waals surface area (Å²) in [6.45, 7) is 4.61. The number of amides is 1. The highest BCUT2D eigenvalue weighted by Gasteiger charge is 2.31. The van der Waals surface area contributed by atoms with Crippen molar-refractivity contribution < 1.29 is 14.3 Å². The van der Waals surface area contributed by atoms with E-state index in [-0.39, 0.29) is 18.1 Å². The summed E-state index contributed by atoms with van der Waals surface area (Å²) < 4.78 is 11.1. The van der Waals surface area contributed by atoms with E-state index in [1.54, 1.807) is 7.11 Å². The lowest BCUT2D eigenvalue weighted by Gasteiger charge is -2.39. The molecule has 1 heterocycles. The van der Waals surface area contributed by atoms with Gasteiger partial charge in [0.15, 0.2) is 0 Å². The van der Waals surface area contributed by atoms with Crippen molar-refractivity contribution in [1.82, 2.24) is 0 Å². The van der Waals surface area contributed by atoms with Crippen LogP contribution in [0.5, 0.6) is 11.5 Å². The van der Waals surface area contributed by atoms with Gasteiger partial charge in [0.2, 0.25) is 5.91 Å². The minimum atomic E-state index is -0.365. The predicted molar refractivity (Wildman–Crippen MR) is 104 cm³/mol. The van der Waals surface area contributed by atoms with Gasteiger partial charge in [-0.3, -0.25) is 4.79 Å². The van der Waals surface area contributed by atoms with Crippen LogP contribution in [0.1, 0.15) is 20.3 Å². The molecule has 0 radical (unpaired) electrons. The zero-order valence-corrected chi connectivity index (χ0v) is 15.4. The van der Waals surface area contributed by atoms with Gasteiger partial charge in [-0.25, -0.2) is 0 Å². The van der Waals surface area contributed by atoms with Crippen molar-refractivity contribution in [2.45, 2.75) is 32.4 Å². The second kappa shape index (κ2) is 7.56. The molecule has 3 rings (SSSR count). The monoisotopic (exact) mass is 355 g/mol. The van der Waals surface area contributed by atoms with E-state index in [0.717, 1.165) is 29.3 Å². The van der Waals surface area contributed by atoms with Gasteiger partial charge >= 0.3 is 0 Å². The van der Waals surface area contributed by atoms with Crippen LogP contribution in [-0.2, 0) is 4.79 Å². The van der Waals surface area contributed by atoms with Gasteiger partial charge in [0.1, 0.15) is 23.6 Å². The van der Waals surface area contributed by atoms with Gasteiger partial charge in [-0.1, -0.05) is 6.92 Å². The van der Waals surface area contributed by atoms with Crippen LogP contribution in [-0.4, -0.2) is 31.7 Å². The third-order valence-electron chi connectivity index (χ3n) is 4.65. The van der Waals surface area contributed by atoms with E-state index >= 15 is 0 Å². The van der Waals surface area contributed by atoms with Crippen LogP contribution in [0.15, 0.2) is 42.5 Å². The van der Waals surface area contributed by atoms with Gasteiger partial charge in [-0.05, 0) is 55.8 Å². The van der Waals surface area contributed by atoms with Gasteiger partial charge in [0.05, 0.1) is 19.3 Å². The number of rotatable bonds is 5. The van der Waals surface area contributed by atoms with Crippen molar-refractivity contribution >= 4 is 23.0 Å². The van der Waals surface area contributed by atoms with Crippen LogP contribution >= 0.6 is 0 Å². The average molecular weight is 355 g/mol. The molecule has 0 aliphatic carbocycles. The number of fused-ring (bicyclic) bond motifs is 1. The van der Waals surface area contributed by atoms with E-state index in [2.05, 4.69) is 17.1 Å². The van der Waals surface area contributed by atoms with Crippen molar-refractivity contribution in [2.75, 3.05) is 29.6 Å². The minimum absolute atomic E-state index is 0.0439. The first-order valence-corrected chi connectivity index (χ1v) is 8.79.